The maximum Gasteiger partial charge on any atom is 0.277 e. The van der Waals surface area contributed by atoms with Gasteiger partial charge in [0, 0.05) is 11.4 Å². The molecule has 0 saturated heterocycles. The fourth-order valence-corrected chi connectivity index (χ4v) is 4.12. The molecule has 24 heavy (non-hydrogen) atoms. The molecule has 6 nitrogen and oxygen atoms in total. The molecule has 1 saturated carbocycles. The van der Waals surface area contributed by atoms with Crippen molar-refractivity contribution in [1.29, 1.82) is 0 Å². The van der Waals surface area contributed by atoms with Crippen LogP contribution in [0.15, 0.2) is 15.0 Å². The molecule has 2 unspecified atom stereocenters. The summed E-state index contributed by atoms with van der Waals surface area (Å²) >= 11 is 2.89. The SMILES string of the molecule is Cc1nc(Cc2nnc(SCC(=O)NC3CCCCC3C)o2)cs1. The van der Waals surface area contributed by atoms with Crippen LogP contribution in [0.1, 0.15) is 49.2 Å². The van der Waals surface area contributed by atoms with Gasteiger partial charge in [0.1, 0.15) is 0 Å². The largest absolute Gasteiger partial charge is 0.416 e. The summed E-state index contributed by atoms with van der Waals surface area (Å²) in [5.41, 5.74) is 0.932. The van der Waals surface area contributed by atoms with E-state index in [9.17, 15) is 4.79 Å². The average molecular weight is 367 g/mol. The normalized spacial score (nSPS) is 20.9. The minimum absolute atomic E-state index is 0.0358. The first-order valence-electron chi connectivity index (χ1n) is 8.25. The molecule has 1 aliphatic carbocycles. The second-order valence-corrected chi connectivity index (χ2v) is 8.21. The van der Waals surface area contributed by atoms with Gasteiger partial charge in [-0.2, -0.15) is 0 Å². The van der Waals surface area contributed by atoms with Crippen molar-refractivity contribution in [2.24, 2.45) is 5.92 Å². The van der Waals surface area contributed by atoms with Crippen molar-refractivity contribution in [1.82, 2.24) is 20.5 Å². The van der Waals surface area contributed by atoms with E-state index in [-0.39, 0.29) is 5.91 Å². The zero-order valence-corrected chi connectivity index (χ0v) is 15.6. The van der Waals surface area contributed by atoms with Crippen molar-refractivity contribution in [3.05, 3.63) is 22.0 Å². The van der Waals surface area contributed by atoms with Crippen LogP contribution < -0.4 is 5.32 Å². The van der Waals surface area contributed by atoms with Crippen molar-refractivity contribution in [2.45, 2.75) is 57.2 Å². The summed E-state index contributed by atoms with van der Waals surface area (Å²) in [5.74, 6) is 1.43. The fraction of sp³-hybridized carbons (Fsp3) is 0.625. The number of thiazole rings is 1. The number of aryl methyl sites for hydroxylation is 1. The topological polar surface area (TPSA) is 80.9 Å². The zero-order valence-electron chi connectivity index (χ0n) is 13.9. The third-order valence-electron chi connectivity index (χ3n) is 4.23. The lowest BCUT2D eigenvalue weighted by atomic mass is 9.86. The van der Waals surface area contributed by atoms with Crippen LogP contribution in [0.4, 0.5) is 0 Å². The summed E-state index contributed by atoms with van der Waals surface area (Å²) in [4.78, 5) is 16.5. The molecule has 2 aromatic rings. The highest BCUT2D eigenvalue weighted by Crippen LogP contribution is 2.24. The first kappa shape index (κ1) is 17.4. The Hall–Kier alpha value is -1.41. The van der Waals surface area contributed by atoms with Crippen LogP contribution in [-0.4, -0.2) is 32.9 Å². The minimum Gasteiger partial charge on any atom is -0.416 e. The molecule has 2 heterocycles. The van der Waals surface area contributed by atoms with Crippen LogP contribution in [0.5, 0.6) is 0 Å². The Morgan fingerprint density at radius 2 is 2.25 bits per heavy atom. The van der Waals surface area contributed by atoms with Gasteiger partial charge in [-0.3, -0.25) is 4.79 Å². The van der Waals surface area contributed by atoms with Crippen LogP contribution in [0, 0.1) is 12.8 Å². The Morgan fingerprint density at radius 3 is 3.00 bits per heavy atom. The van der Waals surface area contributed by atoms with E-state index in [1.165, 1.54) is 31.0 Å². The number of aromatic nitrogens is 3. The highest BCUT2D eigenvalue weighted by molar-refractivity contribution is 7.99. The molecule has 1 aliphatic rings. The highest BCUT2D eigenvalue weighted by Gasteiger charge is 2.23. The Labute approximate surface area is 149 Å². The van der Waals surface area contributed by atoms with Crippen molar-refractivity contribution in [3.8, 4) is 0 Å². The number of hydrogen-bond acceptors (Lipinski definition) is 7. The smallest absolute Gasteiger partial charge is 0.277 e. The Bertz CT molecular complexity index is 685. The molecule has 130 valence electrons. The van der Waals surface area contributed by atoms with Crippen LogP contribution >= 0.6 is 23.1 Å². The molecule has 0 radical (unpaired) electrons. The molecule has 8 heteroatoms. The molecule has 1 fully saturated rings. The van der Waals surface area contributed by atoms with Crippen LogP contribution in [0.2, 0.25) is 0 Å². The summed E-state index contributed by atoms with van der Waals surface area (Å²) in [5, 5.41) is 14.6. The molecule has 0 aliphatic heterocycles. The van der Waals surface area contributed by atoms with Gasteiger partial charge in [-0.1, -0.05) is 31.5 Å². The predicted molar refractivity (Wildman–Crippen MR) is 94.2 cm³/mol. The number of carbonyl (C=O) groups is 1. The van der Waals surface area contributed by atoms with Crippen LogP contribution in [0.25, 0.3) is 0 Å². The molecular formula is C16H22N4O2S2. The number of hydrogen-bond donors (Lipinski definition) is 1. The maximum atomic E-state index is 12.1. The van der Waals surface area contributed by atoms with E-state index in [0.717, 1.165) is 17.1 Å². The quantitative estimate of drug-likeness (QED) is 0.791. The van der Waals surface area contributed by atoms with Gasteiger partial charge in [0.05, 0.1) is 22.9 Å². The van der Waals surface area contributed by atoms with Gasteiger partial charge in [-0.05, 0) is 25.7 Å². The van der Waals surface area contributed by atoms with Gasteiger partial charge in [-0.25, -0.2) is 4.98 Å². The number of nitrogens with one attached hydrogen (secondary N) is 1. The zero-order chi connectivity index (χ0) is 16.9. The molecule has 2 atom stereocenters. The lowest BCUT2D eigenvalue weighted by Gasteiger charge is -2.29. The van der Waals surface area contributed by atoms with Gasteiger partial charge in [0.15, 0.2) is 0 Å². The average Bonchev–Trinajstić information content (AvgIpc) is 3.17. The van der Waals surface area contributed by atoms with Gasteiger partial charge >= 0.3 is 0 Å². The minimum atomic E-state index is 0.0358. The van der Waals surface area contributed by atoms with Crippen molar-refractivity contribution < 1.29 is 9.21 Å². The fourth-order valence-electron chi connectivity index (χ4n) is 2.92. The highest BCUT2D eigenvalue weighted by atomic mass is 32.2. The third-order valence-corrected chi connectivity index (χ3v) is 5.87. The van der Waals surface area contributed by atoms with Crippen LogP contribution in [0.3, 0.4) is 0 Å². The van der Waals surface area contributed by atoms with E-state index in [2.05, 4.69) is 27.4 Å². The first-order chi connectivity index (χ1) is 11.6. The van der Waals surface area contributed by atoms with E-state index >= 15 is 0 Å². The van der Waals surface area contributed by atoms with Gasteiger partial charge in [-0.15, -0.1) is 21.5 Å². The molecule has 1 N–H and O–H groups in total. The standard InChI is InChI=1S/C16H22N4O2S2/c1-10-5-3-4-6-13(10)18-14(21)9-24-16-20-19-15(22-16)7-12-8-23-11(2)17-12/h8,10,13H,3-7,9H2,1-2H3,(H,18,21). The molecular weight excluding hydrogens is 344 g/mol. The van der Waals surface area contributed by atoms with E-state index in [0.29, 0.717) is 35.2 Å². The van der Waals surface area contributed by atoms with Gasteiger partial charge in [0.2, 0.25) is 11.8 Å². The van der Waals surface area contributed by atoms with E-state index < -0.39 is 0 Å². The Morgan fingerprint density at radius 1 is 1.42 bits per heavy atom. The second kappa shape index (κ2) is 8.11. The van der Waals surface area contributed by atoms with Gasteiger partial charge in [0.25, 0.3) is 5.22 Å². The predicted octanol–water partition coefficient (Wildman–Crippen LogP) is 3.21. The molecule has 0 bridgehead atoms. The maximum absolute atomic E-state index is 12.1. The van der Waals surface area contributed by atoms with E-state index in [1.807, 2.05) is 12.3 Å². The first-order valence-corrected chi connectivity index (χ1v) is 10.1. The summed E-state index contributed by atoms with van der Waals surface area (Å²) < 4.78 is 5.58. The van der Waals surface area contributed by atoms with Crippen LogP contribution in [-0.2, 0) is 11.2 Å². The number of carbonyl (C=O) groups excluding carboxylic acids is 1. The summed E-state index contributed by atoms with van der Waals surface area (Å²) in [6.45, 7) is 4.18. The number of amides is 1. The molecule has 3 rings (SSSR count). The summed E-state index contributed by atoms with van der Waals surface area (Å²) in [6.07, 6.45) is 5.28. The Kier molecular flexibility index (Phi) is 5.89. The second-order valence-electron chi connectivity index (χ2n) is 6.22. The molecule has 0 spiro atoms. The van der Waals surface area contributed by atoms with E-state index in [4.69, 9.17) is 4.42 Å². The summed E-state index contributed by atoms with van der Waals surface area (Å²) in [6, 6.07) is 0.304. The third kappa shape index (κ3) is 4.80. The lowest BCUT2D eigenvalue weighted by Crippen LogP contribution is -2.41. The van der Waals surface area contributed by atoms with Crippen molar-refractivity contribution >= 4 is 29.0 Å². The molecule has 2 aromatic heterocycles. The Balaban J connectivity index is 1.45. The molecule has 1 amide bonds. The number of nitrogens with zero attached hydrogens (tertiary/aromatic N) is 3. The number of rotatable bonds is 6. The monoisotopic (exact) mass is 366 g/mol. The van der Waals surface area contributed by atoms with Crippen molar-refractivity contribution in [3.63, 3.8) is 0 Å². The molecule has 0 aromatic carbocycles. The van der Waals surface area contributed by atoms with Crippen molar-refractivity contribution in [2.75, 3.05) is 5.75 Å². The summed E-state index contributed by atoms with van der Waals surface area (Å²) in [7, 11) is 0. The van der Waals surface area contributed by atoms with Gasteiger partial charge < -0.3 is 9.73 Å². The van der Waals surface area contributed by atoms with E-state index in [1.54, 1.807) is 11.3 Å². The lowest BCUT2D eigenvalue weighted by molar-refractivity contribution is -0.119. The number of thioether (sulfide) groups is 1.